The van der Waals surface area contributed by atoms with Crippen LogP contribution in [0.5, 0.6) is 0 Å². The van der Waals surface area contributed by atoms with Crippen molar-refractivity contribution < 1.29 is 14.6 Å². The van der Waals surface area contributed by atoms with Crippen molar-refractivity contribution in [3.63, 3.8) is 0 Å². The summed E-state index contributed by atoms with van der Waals surface area (Å²) in [6.07, 6.45) is 4.36. The van der Waals surface area contributed by atoms with E-state index in [-0.39, 0.29) is 5.97 Å². The van der Waals surface area contributed by atoms with Gasteiger partial charge in [0.2, 0.25) is 0 Å². The molecular weight excluding hydrogens is 252 g/mol. The van der Waals surface area contributed by atoms with Gasteiger partial charge in [0, 0.05) is 6.42 Å². The van der Waals surface area contributed by atoms with Gasteiger partial charge in [0.25, 0.3) is 0 Å². The minimum Gasteiger partial charge on any atom is -0.466 e. The van der Waals surface area contributed by atoms with Crippen molar-refractivity contribution in [3.8, 4) is 0 Å². The minimum atomic E-state index is -0.682. The van der Waals surface area contributed by atoms with Gasteiger partial charge in [0.1, 0.15) is 0 Å². The fourth-order valence-electron chi connectivity index (χ4n) is 3.03. The van der Waals surface area contributed by atoms with Crippen LogP contribution >= 0.6 is 0 Å². The minimum absolute atomic E-state index is 0.203. The summed E-state index contributed by atoms with van der Waals surface area (Å²) in [5.41, 5.74) is 0.679. The van der Waals surface area contributed by atoms with E-state index in [1.807, 2.05) is 6.07 Å². The van der Waals surface area contributed by atoms with Crippen molar-refractivity contribution in [2.24, 2.45) is 0 Å². The lowest BCUT2D eigenvalue weighted by atomic mass is 9.74. The van der Waals surface area contributed by atoms with Crippen LogP contribution in [0, 0.1) is 0 Å². The van der Waals surface area contributed by atoms with E-state index in [9.17, 15) is 9.90 Å². The van der Waals surface area contributed by atoms with E-state index in [0.29, 0.717) is 25.4 Å². The molecule has 1 fully saturated rings. The van der Waals surface area contributed by atoms with Crippen molar-refractivity contribution in [1.29, 1.82) is 0 Å². The molecule has 0 bridgehead atoms. The van der Waals surface area contributed by atoms with Gasteiger partial charge in [-0.3, -0.25) is 4.79 Å². The Balaban J connectivity index is 1.82. The van der Waals surface area contributed by atoms with Gasteiger partial charge in [-0.1, -0.05) is 30.3 Å². The van der Waals surface area contributed by atoms with Crippen LogP contribution in [-0.2, 0) is 9.53 Å². The van der Waals surface area contributed by atoms with Crippen LogP contribution in [0.15, 0.2) is 30.3 Å². The van der Waals surface area contributed by atoms with Crippen molar-refractivity contribution in [3.05, 3.63) is 35.9 Å². The second-order valence-corrected chi connectivity index (χ2v) is 5.71. The smallest absolute Gasteiger partial charge is 0.305 e. The van der Waals surface area contributed by atoms with Crippen molar-refractivity contribution >= 4 is 5.97 Å². The highest BCUT2D eigenvalue weighted by molar-refractivity contribution is 5.69. The molecule has 110 valence electrons. The molecule has 1 aliphatic carbocycles. The average molecular weight is 276 g/mol. The lowest BCUT2D eigenvalue weighted by Gasteiger charge is -2.36. The summed E-state index contributed by atoms with van der Waals surface area (Å²) in [7, 11) is 0. The summed E-state index contributed by atoms with van der Waals surface area (Å²) in [5.74, 6) is 0.338. The largest absolute Gasteiger partial charge is 0.466 e. The normalized spacial score (nSPS) is 26.2. The third-order valence-corrected chi connectivity index (χ3v) is 4.29. The molecule has 0 radical (unpaired) electrons. The molecule has 2 rings (SSSR count). The number of carbonyl (C=O) groups excluding carboxylic acids is 1. The molecule has 1 N–H and O–H groups in total. The zero-order chi connectivity index (χ0) is 14.4. The highest BCUT2D eigenvalue weighted by atomic mass is 16.5. The third kappa shape index (κ3) is 4.07. The Morgan fingerprint density at radius 2 is 1.95 bits per heavy atom. The first kappa shape index (κ1) is 15.0. The third-order valence-electron chi connectivity index (χ3n) is 4.29. The molecule has 1 saturated carbocycles. The zero-order valence-corrected chi connectivity index (χ0v) is 12.2. The van der Waals surface area contributed by atoms with E-state index in [0.717, 1.165) is 25.7 Å². The maximum Gasteiger partial charge on any atom is 0.305 e. The van der Waals surface area contributed by atoms with Crippen LogP contribution in [0.2, 0.25) is 0 Å². The van der Waals surface area contributed by atoms with Gasteiger partial charge in [-0.15, -0.1) is 0 Å². The highest BCUT2D eigenvalue weighted by Gasteiger charge is 2.33. The number of hydrogen-bond acceptors (Lipinski definition) is 3. The van der Waals surface area contributed by atoms with Gasteiger partial charge in [0.05, 0.1) is 12.2 Å². The molecule has 0 saturated heterocycles. The molecule has 3 heteroatoms. The number of aliphatic hydroxyl groups is 1. The first-order chi connectivity index (χ1) is 9.63. The first-order valence-electron chi connectivity index (χ1n) is 7.56. The Morgan fingerprint density at radius 3 is 2.55 bits per heavy atom. The van der Waals surface area contributed by atoms with E-state index >= 15 is 0 Å². The molecule has 0 aromatic heterocycles. The van der Waals surface area contributed by atoms with Crippen molar-refractivity contribution in [1.82, 2.24) is 0 Å². The fraction of sp³-hybridized carbons (Fsp3) is 0.588. The predicted octanol–water partition coefficient (Wildman–Crippen LogP) is 3.42. The molecule has 0 heterocycles. The number of benzene rings is 1. The molecule has 0 amide bonds. The fourth-order valence-corrected chi connectivity index (χ4v) is 3.03. The van der Waals surface area contributed by atoms with Crippen LogP contribution < -0.4 is 0 Å². The van der Waals surface area contributed by atoms with Gasteiger partial charge < -0.3 is 9.84 Å². The van der Waals surface area contributed by atoms with Gasteiger partial charge in [-0.25, -0.2) is 0 Å². The van der Waals surface area contributed by atoms with E-state index in [2.05, 4.69) is 24.3 Å². The van der Waals surface area contributed by atoms with E-state index in [4.69, 9.17) is 4.74 Å². The van der Waals surface area contributed by atoms with Gasteiger partial charge in [-0.2, -0.15) is 0 Å². The molecular formula is C17H24O3. The topological polar surface area (TPSA) is 46.5 Å². The number of carbonyl (C=O) groups is 1. The highest BCUT2D eigenvalue weighted by Crippen LogP contribution is 2.39. The summed E-state index contributed by atoms with van der Waals surface area (Å²) >= 11 is 0. The van der Waals surface area contributed by atoms with Crippen molar-refractivity contribution in [2.45, 2.75) is 57.0 Å². The molecule has 1 aliphatic rings. The van der Waals surface area contributed by atoms with Crippen LogP contribution in [0.3, 0.4) is 0 Å². The second-order valence-electron chi connectivity index (χ2n) is 5.71. The molecule has 0 spiro atoms. The van der Waals surface area contributed by atoms with E-state index < -0.39 is 5.60 Å². The Kier molecular flexibility index (Phi) is 5.18. The van der Waals surface area contributed by atoms with Gasteiger partial charge in [0.15, 0.2) is 0 Å². The lowest BCUT2D eigenvalue weighted by Crippen LogP contribution is -2.34. The van der Waals surface area contributed by atoms with E-state index in [1.54, 1.807) is 6.92 Å². The molecule has 1 aromatic rings. The summed E-state index contributed by atoms with van der Waals surface area (Å²) in [6, 6.07) is 10.5. The average Bonchev–Trinajstić information content (AvgIpc) is 2.47. The zero-order valence-electron chi connectivity index (χ0n) is 12.2. The van der Waals surface area contributed by atoms with Crippen LogP contribution in [0.4, 0.5) is 0 Å². The summed E-state index contributed by atoms with van der Waals surface area (Å²) in [4.78, 5) is 11.4. The van der Waals surface area contributed by atoms with Crippen LogP contribution in [0.1, 0.15) is 56.9 Å². The molecule has 20 heavy (non-hydrogen) atoms. The monoisotopic (exact) mass is 276 g/mol. The number of hydrogen-bond donors (Lipinski definition) is 1. The SMILES string of the molecule is CCOC(=O)CCC1(O)CCC(c2ccccc2)CC1. The van der Waals surface area contributed by atoms with Gasteiger partial charge in [-0.05, 0) is 50.5 Å². The second kappa shape index (κ2) is 6.89. The number of ether oxygens (including phenoxy) is 1. The molecule has 1 aromatic carbocycles. The number of rotatable bonds is 5. The van der Waals surface area contributed by atoms with E-state index in [1.165, 1.54) is 5.56 Å². The maximum atomic E-state index is 11.4. The summed E-state index contributed by atoms with van der Waals surface area (Å²) < 4.78 is 4.92. The lowest BCUT2D eigenvalue weighted by molar-refractivity contribution is -0.145. The van der Waals surface area contributed by atoms with Crippen LogP contribution in [0.25, 0.3) is 0 Å². The predicted molar refractivity (Wildman–Crippen MR) is 78.5 cm³/mol. The standard InChI is InChI=1S/C17H24O3/c1-2-20-16(18)10-13-17(19)11-8-15(9-12-17)14-6-4-3-5-7-14/h3-7,15,19H,2,8-13H2,1H3. The Hall–Kier alpha value is -1.35. The summed E-state index contributed by atoms with van der Waals surface area (Å²) in [6.45, 7) is 2.21. The Labute approximate surface area is 121 Å². The van der Waals surface area contributed by atoms with Crippen LogP contribution in [-0.4, -0.2) is 23.3 Å². The Bertz CT molecular complexity index is 419. The molecule has 0 atom stereocenters. The van der Waals surface area contributed by atoms with Gasteiger partial charge >= 0.3 is 5.97 Å². The molecule has 0 unspecified atom stereocenters. The van der Waals surface area contributed by atoms with Crippen molar-refractivity contribution in [2.75, 3.05) is 6.61 Å². The first-order valence-corrected chi connectivity index (χ1v) is 7.56. The summed E-state index contributed by atoms with van der Waals surface area (Å²) in [5, 5.41) is 10.5. The molecule has 0 aliphatic heterocycles. The maximum absolute atomic E-state index is 11.4. The quantitative estimate of drug-likeness (QED) is 0.838. The molecule has 3 nitrogen and oxygen atoms in total. The number of esters is 1. The Morgan fingerprint density at radius 1 is 1.30 bits per heavy atom.